The zero-order chi connectivity index (χ0) is 23.2. The van der Waals surface area contributed by atoms with Crippen molar-refractivity contribution >= 4 is 51.3 Å². The molecule has 0 spiro atoms. The molecule has 5 aromatic rings. The van der Waals surface area contributed by atoms with E-state index in [-0.39, 0.29) is 6.03 Å². The molecule has 0 unspecified atom stereocenters. The molecule has 0 fully saturated rings. The molecule has 0 aliphatic carbocycles. The molecule has 2 amide bonds. The number of pyridine rings is 1. The minimum atomic E-state index is -0.308. The van der Waals surface area contributed by atoms with Gasteiger partial charge in [-0.05, 0) is 59.3 Å². The lowest BCUT2D eigenvalue weighted by Gasteiger charge is -2.10. The molecule has 2 heterocycles. The number of urea groups is 1. The Hall–Kier alpha value is -4.98. The second kappa shape index (κ2) is 9.66. The maximum Gasteiger partial charge on any atom is 0.323 e. The third-order valence-corrected chi connectivity index (χ3v) is 5.01. The molecular weight excluding hydrogens is 426 g/mol. The van der Waals surface area contributed by atoms with Gasteiger partial charge in [-0.25, -0.2) is 19.7 Å². The molecule has 0 aliphatic heterocycles. The van der Waals surface area contributed by atoms with Gasteiger partial charge in [-0.15, -0.1) is 0 Å². The average Bonchev–Trinajstić information content (AvgIpc) is 2.86. The number of hydrogen-bond acceptors (Lipinski definition) is 6. The van der Waals surface area contributed by atoms with E-state index < -0.39 is 0 Å². The van der Waals surface area contributed by atoms with Crippen LogP contribution < -0.4 is 21.3 Å². The summed E-state index contributed by atoms with van der Waals surface area (Å²) in [5, 5.41) is 14.3. The summed E-state index contributed by atoms with van der Waals surface area (Å²) in [6.45, 7) is 0. The zero-order valence-corrected chi connectivity index (χ0v) is 18.1. The highest BCUT2D eigenvalue weighted by Gasteiger charge is 2.05. The summed E-state index contributed by atoms with van der Waals surface area (Å²) >= 11 is 0. The zero-order valence-electron chi connectivity index (χ0n) is 18.1. The topological polar surface area (TPSA) is 104 Å². The number of amides is 2. The van der Waals surface area contributed by atoms with Gasteiger partial charge in [-0.1, -0.05) is 36.4 Å². The van der Waals surface area contributed by atoms with Crippen molar-refractivity contribution < 1.29 is 4.79 Å². The second-order valence-electron chi connectivity index (χ2n) is 7.47. The summed E-state index contributed by atoms with van der Waals surface area (Å²) in [6, 6.07) is 28.3. The van der Waals surface area contributed by atoms with Gasteiger partial charge in [0.25, 0.3) is 0 Å². The summed E-state index contributed by atoms with van der Waals surface area (Å²) in [5.41, 5.74) is 2.22. The largest absolute Gasteiger partial charge is 0.340 e. The van der Waals surface area contributed by atoms with E-state index in [0.717, 1.165) is 22.1 Å². The Morgan fingerprint density at radius 3 is 2.03 bits per heavy atom. The number of nitrogens with zero attached hydrogens (tertiary/aromatic N) is 3. The van der Waals surface area contributed by atoms with Crippen molar-refractivity contribution in [2.24, 2.45) is 0 Å². The quantitative estimate of drug-likeness (QED) is 0.249. The Bertz CT molecular complexity index is 1420. The third kappa shape index (κ3) is 5.25. The van der Waals surface area contributed by atoms with E-state index in [4.69, 9.17) is 0 Å². The van der Waals surface area contributed by atoms with Gasteiger partial charge in [-0.3, -0.25) is 0 Å². The molecular formula is C26H21N7O. The van der Waals surface area contributed by atoms with E-state index >= 15 is 0 Å². The van der Waals surface area contributed by atoms with Crippen molar-refractivity contribution in [3.8, 4) is 0 Å². The van der Waals surface area contributed by atoms with Gasteiger partial charge >= 0.3 is 6.03 Å². The second-order valence-corrected chi connectivity index (χ2v) is 7.47. The molecule has 0 bridgehead atoms. The van der Waals surface area contributed by atoms with Crippen molar-refractivity contribution in [1.82, 2.24) is 15.0 Å². The molecule has 0 saturated carbocycles. The monoisotopic (exact) mass is 447 g/mol. The average molecular weight is 448 g/mol. The van der Waals surface area contributed by atoms with Crippen molar-refractivity contribution in [3.63, 3.8) is 0 Å². The standard InChI is InChI=1S/C26H21N7O/c34-26(32-22-9-8-18-5-1-2-6-19(18)15-22)31-21-12-10-20(11-13-21)30-24-16-25(29-17-28-24)33-23-7-3-4-14-27-23/h1-17H,(H2,31,32,34)(H2,27,28,29,30,33). The fraction of sp³-hybridized carbons (Fsp3) is 0. The van der Waals surface area contributed by atoms with Gasteiger partial charge < -0.3 is 21.3 Å². The smallest absolute Gasteiger partial charge is 0.323 e. The van der Waals surface area contributed by atoms with Gasteiger partial charge in [-0.2, -0.15) is 0 Å². The lowest BCUT2D eigenvalue weighted by Crippen LogP contribution is -2.19. The van der Waals surface area contributed by atoms with Crippen LogP contribution in [0.3, 0.4) is 0 Å². The Labute approximate surface area is 196 Å². The van der Waals surface area contributed by atoms with Crippen molar-refractivity contribution in [3.05, 3.63) is 104 Å². The van der Waals surface area contributed by atoms with Crippen LogP contribution in [0.5, 0.6) is 0 Å². The number of carbonyl (C=O) groups excluding carboxylic acids is 1. The van der Waals surface area contributed by atoms with Crippen LogP contribution in [-0.2, 0) is 0 Å². The van der Waals surface area contributed by atoms with Crippen LogP contribution in [0.2, 0.25) is 0 Å². The van der Waals surface area contributed by atoms with Gasteiger partial charge in [0.1, 0.15) is 23.8 Å². The van der Waals surface area contributed by atoms with E-state index in [1.165, 1.54) is 6.33 Å². The molecule has 8 nitrogen and oxygen atoms in total. The summed E-state index contributed by atoms with van der Waals surface area (Å²) in [6.07, 6.45) is 3.18. The van der Waals surface area contributed by atoms with Gasteiger partial charge in [0.05, 0.1) is 0 Å². The number of hydrogen-bond donors (Lipinski definition) is 4. The Kier molecular flexibility index (Phi) is 5.94. The molecule has 34 heavy (non-hydrogen) atoms. The van der Waals surface area contributed by atoms with E-state index in [2.05, 4.69) is 36.2 Å². The molecule has 0 saturated heterocycles. The van der Waals surface area contributed by atoms with Crippen LogP contribution in [0.4, 0.5) is 39.3 Å². The first-order valence-electron chi connectivity index (χ1n) is 10.7. The number of aromatic nitrogens is 3. The van der Waals surface area contributed by atoms with Crippen LogP contribution in [0.15, 0.2) is 104 Å². The molecule has 0 atom stereocenters. The molecule has 3 aromatic carbocycles. The Morgan fingerprint density at radius 2 is 1.24 bits per heavy atom. The summed E-state index contributed by atoms with van der Waals surface area (Å²) < 4.78 is 0. The first-order chi connectivity index (χ1) is 16.7. The Balaban J connectivity index is 1.19. The highest BCUT2D eigenvalue weighted by Crippen LogP contribution is 2.21. The Morgan fingerprint density at radius 1 is 0.559 bits per heavy atom. The van der Waals surface area contributed by atoms with Crippen LogP contribution in [0.1, 0.15) is 0 Å². The number of carbonyl (C=O) groups is 1. The predicted molar refractivity (Wildman–Crippen MR) is 136 cm³/mol. The lowest BCUT2D eigenvalue weighted by atomic mass is 10.1. The molecule has 0 radical (unpaired) electrons. The summed E-state index contributed by atoms with van der Waals surface area (Å²) in [4.78, 5) is 25.1. The van der Waals surface area contributed by atoms with E-state index in [9.17, 15) is 4.79 Å². The maximum atomic E-state index is 12.4. The minimum absolute atomic E-state index is 0.308. The minimum Gasteiger partial charge on any atom is -0.340 e. The van der Waals surface area contributed by atoms with Crippen molar-refractivity contribution in [1.29, 1.82) is 0 Å². The predicted octanol–water partition coefficient (Wildman–Crippen LogP) is 6.16. The molecule has 0 aliphatic rings. The fourth-order valence-electron chi connectivity index (χ4n) is 3.41. The first-order valence-corrected chi connectivity index (χ1v) is 10.7. The number of anilines is 6. The van der Waals surface area contributed by atoms with Crippen LogP contribution in [0, 0.1) is 0 Å². The molecule has 4 N–H and O–H groups in total. The number of rotatable bonds is 6. The summed E-state index contributed by atoms with van der Waals surface area (Å²) in [5.74, 6) is 1.95. The van der Waals surface area contributed by atoms with Crippen LogP contribution in [0.25, 0.3) is 10.8 Å². The number of fused-ring (bicyclic) bond motifs is 1. The van der Waals surface area contributed by atoms with Gasteiger partial charge in [0, 0.05) is 29.3 Å². The fourth-order valence-corrected chi connectivity index (χ4v) is 3.41. The SMILES string of the molecule is O=C(Nc1ccc(Nc2cc(Nc3ccccn3)ncn2)cc1)Nc1ccc2ccccc2c1. The highest BCUT2D eigenvalue weighted by molar-refractivity contribution is 6.01. The molecule has 2 aromatic heterocycles. The summed E-state index contributed by atoms with van der Waals surface area (Å²) in [7, 11) is 0. The van der Waals surface area contributed by atoms with E-state index in [1.807, 2.05) is 84.9 Å². The molecule has 5 rings (SSSR count). The van der Waals surface area contributed by atoms with Crippen LogP contribution in [-0.4, -0.2) is 21.0 Å². The van der Waals surface area contributed by atoms with Gasteiger partial charge in [0.15, 0.2) is 0 Å². The lowest BCUT2D eigenvalue weighted by molar-refractivity contribution is 0.262. The van der Waals surface area contributed by atoms with Crippen LogP contribution >= 0.6 is 0 Å². The number of nitrogens with one attached hydrogen (secondary N) is 4. The van der Waals surface area contributed by atoms with Crippen molar-refractivity contribution in [2.75, 3.05) is 21.3 Å². The van der Waals surface area contributed by atoms with Crippen molar-refractivity contribution in [2.45, 2.75) is 0 Å². The van der Waals surface area contributed by atoms with E-state index in [1.54, 1.807) is 12.3 Å². The molecule has 166 valence electrons. The number of benzene rings is 3. The normalized spacial score (nSPS) is 10.5. The molecule has 8 heteroatoms. The van der Waals surface area contributed by atoms with Gasteiger partial charge in [0.2, 0.25) is 0 Å². The first kappa shape index (κ1) is 20.9. The highest BCUT2D eigenvalue weighted by atomic mass is 16.2. The van der Waals surface area contributed by atoms with E-state index in [0.29, 0.717) is 23.1 Å². The maximum absolute atomic E-state index is 12.4. The third-order valence-electron chi connectivity index (χ3n) is 5.01.